The second-order valence-electron chi connectivity index (χ2n) is 18.4. The summed E-state index contributed by atoms with van der Waals surface area (Å²) in [6.45, 7) is 0. The fourth-order valence-corrected chi connectivity index (χ4v) is 11.0. The quantitative estimate of drug-likeness (QED) is 0.167. The lowest BCUT2D eigenvalue weighted by Crippen LogP contribution is -2.04. The van der Waals surface area contributed by atoms with Crippen LogP contribution in [0.2, 0.25) is 0 Å². The van der Waals surface area contributed by atoms with Crippen molar-refractivity contribution in [2.24, 2.45) is 0 Å². The van der Waals surface area contributed by atoms with Crippen molar-refractivity contribution in [3.8, 4) is 56.7 Å². The Labute approximate surface area is 407 Å². The monoisotopic (exact) mass is 905 g/mol. The molecule has 0 unspecified atom stereocenters. The molecule has 0 N–H and O–H groups in total. The molecule has 330 valence electrons. The van der Waals surface area contributed by atoms with Crippen LogP contribution in [0.25, 0.3) is 144 Å². The lowest BCUT2D eigenvalue weighted by Gasteiger charge is -2.16. The average molecular weight is 906 g/mol. The van der Waals surface area contributed by atoms with Crippen LogP contribution in [0, 0.1) is 0 Å². The summed E-state index contributed by atoms with van der Waals surface area (Å²) in [7, 11) is 0. The van der Waals surface area contributed by atoms with Crippen molar-refractivity contribution in [2.75, 3.05) is 0 Å². The Morgan fingerprint density at radius 3 is 1.58 bits per heavy atom. The molecular weight excluding hydrogens is 867 g/mol. The van der Waals surface area contributed by atoms with Gasteiger partial charge in [0.15, 0.2) is 17.5 Å². The van der Waals surface area contributed by atoms with Gasteiger partial charge < -0.3 is 13.6 Å². The van der Waals surface area contributed by atoms with E-state index in [2.05, 4.69) is 240 Å². The van der Waals surface area contributed by atoms with Crippen LogP contribution in [0.3, 0.4) is 0 Å². The van der Waals surface area contributed by atoms with Crippen LogP contribution in [-0.4, -0.2) is 24.1 Å². The second kappa shape index (κ2) is 15.4. The first kappa shape index (κ1) is 39.4. The molecule has 0 saturated carbocycles. The highest BCUT2D eigenvalue weighted by Gasteiger charge is 2.26. The van der Waals surface area contributed by atoms with E-state index in [4.69, 9.17) is 19.4 Å². The summed E-state index contributed by atoms with van der Waals surface area (Å²) in [6, 6.07) is 83.9. The van der Waals surface area contributed by atoms with Gasteiger partial charge in [-0.15, -0.1) is 0 Å². The van der Waals surface area contributed by atoms with Gasteiger partial charge in [0, 0.05) is 49.1 Å². The van der Waals surface area contributed by atoms with E-state index < -0.39 is 0 Å². The van der Waals surface area contributed by atoms with Crippen molar-refractivity contribution < 1.29 is 4.42 Å². The molecule has 15 rings (SSSR count). The molecule has 0 atom stereocenters. The number of furan rings is 1. The van der Waals surface area contributed by atoms with Gasteiger partial charge in [-0.25, -0.2) is 15.0 Å². The number of fused-ring (bicyclic) bond motifs is 11. The molecule has 0 fully saturated rings. The van der Waals surface area contributed by atoms with Gasteiger partial charge in [-0.2, -0.15) is 0 Å². The first-order chi connectivity index (χ1) is 35.2. The minimum atomic E-state index is 0.544. The molecule has 11 aromatic carbocycles. The summed E-state index contributed by atoms with van der Waals surface area (Å²) in [4.78, 5) is 16.7. The first-order valence-electron chi connectivity index (χ1n) is 24.0. The van der Waals surface area contributed by atoms with Crippen molar-refractivity contribution in [3.63, 3.8) is 0 Å². The summed E-state index contributed by atoms with van der Waals surface area (Å²) >= 11 is 0. The number of nitrogens with zero attached hydrogens (tertiary/aromatic N) is 5. The fraction of sp³-hybridized carbons (Fsp3) is 0. The minimum Gasteiger partial charge on any atom is -0.456 e. The number of benzene rings is 11. The Kier molecular flexibility index (Phi) is 8.56. The minimum absolute atomic E-state index is 0.544. The van der Waals surface area contributed by atoms with Crippen LogP contribution in [0.1, 0.15) is 0 Å². The molecule has 6 nitrogen and oxygen atoms in total. The van der Waals surface area contributed by atoms with E-state index in [-0.39, 0.29) is 0 Å². The third-order valence-electron chi connectivity index (χ3n) is 14.3. The Morgan fingerprint density at radius 2 is 0.831 bits per heavy atom. The summed E-state index contributed by atoms with van der Waals surface area (Å²) in [5.41, 5.74) is 12.8. The van der Waals surface area contributed by atoms with Gasteiger partial charge in [0.1, 0.15) is 11.2 Å². The van der Waals surface area contributed by atoms with Crippen molar-refractivity contribution >= 4 is 87.1 Å². The number of rotatable bonds is 6. The van der Waals surface area contributed by atoms with E-state index in [1.54, 1.807) is 0 Å². The normalized spacial score (nSPS) is 11.9. The summed E-state index contributed by atoms with van der Waals surface area (Å²) in [5, 5.41) is 11.2. The molecule has 0 aliphatic heterocycles. The molecule has 0 aliphatic carbocycles. The summed E-state index contributed by atoms with van der Waals surface area (Å²) in [5.74, 6) is 1.68. The van der Waals surface area contributed by atoms with E-state index >= 15 is 0 Å². The van der Waals surface area contributed by atoms with Crippen LogP contribution in [0.15, 0.2) is 241 Å². The number of para-hydroxylation sites is 3. The van der Waals surface area contributed by atoms with Gasteiger partial charge in [0.05, 0.1) is 33.3 Å². The van der Waals surface area contributed by atoms with E-state index in [1.807, 2.05) is 6.07 Å². The standard InChI is InChI=1S/C65H39N5O/c1-3-16-40(17-4-1)41-22-15-23-46(34-41)63-66-64(47-30-31-51-49-26-11-13-28-54(49)69(57(51)38-47)48-24-5-2-6-25-48)68-65(67-63)62-56(32-33-59-61(62)53-36-43-19-8-10-21-45(43)39-60(53)71-59)70-55-29-14-12-27-50(55)52-35-42-18-7-9-20-44(42)37-58(52)70/h1-39H. The van der Waals surface area contributed by atoms with Crippen LogP contribution in [0.5, 0.6) is 0 Å². The van der Waals surface area contributed by atoms with Gasteiger partial charge in [-0.3, -0.25) is 0 Å². The van der Waals surface area contributed by atoms with Gasteiger partial charge >= 0.3 is 0 Å². The summed E-state index contributed by atoms with van der Waals surface area (Å²) < 4.78 is 11.6. The molecule has 0 aliphatic rings. The van der Waals surface area contributed by atoms with Crippen LogP contribution >= 0.6 is 0 Å². The van der Waals surface area contributed by atoms with Gasteiger partial charge in [0.25, 0.3) is 0 Å². The molecule has 0 amide bonds. The van der Waals surface area contributed by atoms with Crippen LogP contribution in [-0.2, 0) is 0 Å². The van der Waals surface area contributed by atoms with Gasteiger partial charge in [0.2, 0.25) is 0 Å². The zero-order valence-corrected chi connectivity index (χ0v) is 38.2. The Hall–Kier alpha value is -9.65. The Bertz CT molecular complexity index is 4640. The predicted octanol–water partition coefficient (Wildman–Crippen LogP) is 16.9. The average Bonchev–Trinajstić information content (AvgIpc) is 4.08. The van der Waals surface area contributed by atoms with Crippen LogP contribution < -0.4 is 0 Å². The van der Waals surface area contributed by atoms with Gasteiger partial charge in [-0.1, -0.05) is 164 Å². The molecule has 0 bridgehead atoms. The molecule has 0 saturated heterocycles. The highest BCUT2D eigenvalue weighted by atomic mass is 16.3. The van der Waals surface area contributed by atoms with Crippen molar-refractivity contribution in [3.05, 3.63) is 237 Å². The highest BCUT2D eigenvalue weighted by Crippen LogP contribution is 2.45. The SMILES string of the molecule is c1ccc(-c2cccc(-c3nc(-c4ccc5c6ccccc6n(-c6ccccc6)c5c4)nc(-c4c(-n5c6ccccc6c6cc7ccccc7cc65)ccc5oc6cc7ccccc7cc6c45)n3)c2)cc1. The summed E-state index contributed by atoms with van der Waals surface area (Å²) in [6.07, 6.45) is 0. The van der Waals surface area contributed by atoms with E-state index in [1.165, 1.54) is 26.9 Å². The molecule has 6 heteroatoms. The highest BCUT2D eigenvalue weighted by molar-refractivity contribution is 6.19. The smallest absolute Gasteiger partial charge is 0.166 e. The van der Waals surface area contributed by atoms with Crippen molar-refractivity contribution in [2.45, 2.75) is 0 Å². The Balaban J connectivity index is 1.07. The fourth-order valence-electron chi connectivity index (χ4n) is 11.0. The maximum absolute atomic E-state index is 6.87. The molecule has 4 heterocycles. The number of aromatic nitrogens is 5. The number of hydrogen-bond acceptors (Lipinski definition) is 4. The first-order valence-corrected chi connectivity index (χ1v) is 24.0. The zero-order chi connectivity index (χ0) is 46.6. The second-order valence-corrected chi connectivity index (χ2v) is 18.4. The zero-order valence-electron chi connectivity index (χ0n) is 38.2. The van der Waals surface area contributed by atoms with Crippen molar-refractivity contribution in [1.82, 2.24) is 24.1 Å². The van der Waals surface area contributed by atoms with E-state index in [0.29, 0.717) is 17.5 Å². The number of hydrogen-bond donors (Lipinski definition) is 0. The van der Waals surface area contributed by atoms with E-state index in [0.717, 1.165) is 99.4 Å². The maximum Gasteiger partial charge on any atom is 0.166 e. The predicted molar refractivity (Wildman–Crippen MR) is 293 cm³/mol. The third kappa shape index (κ3) is 6.18. The Morgan fingerprint density at radius 1 is 0.296 bits per heavy atom. The molecule has 15 aromatic rings. The third-order valence-corrected chi connectivity index (χ3v) is 14.3. The topological polar surface area (TPSA) is 61.7 Å². The molecule has 0 spiro atoms. The maximum atomic E-state index is 6.87. The lowest BCUT2D eigenvalue weighted by molar-refractivity contribution is 0.669. The molecule has 71 heavy (non-hydrogen) atoms. The molecular formula is C65H39N5O. The van der Waals surface area contributed by atoms with Crippen molar-refractivity contribution in [1.29, 1.82) is 0 Å². The lowest BCUT2D eigenvalue weighted by atomic mass is 10.00. The van der Waals surface area contributed by atoms with Gasteiger partial charge in [-0.05, 0) is 105 Å². The molecule has 4 aromatic heterocycles. The van der Waals surface area contributed by atoms with Crippen LogP contribution in [0.4, 0.5) is 0 Å². The van der Waals surface area contributed by atoms with E-state index in [9.17, 15) is 0 Å². The molecule has 0 radical (unpaired) electrons. The largest absolute Gasteiger partial charge is 0.456 e.